The van der Waals surface area contributed by atoms with E-state index in [0.717, 1.165) is 53.0 Å². The minimum Gasteiger partial charge on any atom is -0.494 e. The molecule has 8 rings (SSSR count). The maximum absolute atomic E-state index is 13.6. The monoisotopic (exact) mass is 1120 g/mol. The molecule has 0 unspecified atom stereocenters. The first-order valence-corrected chi connectivity index (χ1v) is 26.8. The zero-order valence-corrected chi connectivity index (χ0v) is 45.3. The van der Waals surface area contributed by atoms with Crippen molar-refractivity contribution in [1.29, 1.82) is 0 Å². The van der Waals surface area contributed by atoms with Crippen LogP contribution in [0.1, 0.15) is 85.1 Å². The van der Waals surface area contributed by atoms with Gasteiger partial charge in [-0.3, -0.25) is 14.6 Å². The van der Waals surface area contributed by atoms with Gasteiger partial charge in [0.15, 0.2) is 0 Å². The number of carbonyl (C=O) groups is 1. The lowest BCUT2D eigenvalue weighted by molar-refractivity contribution is -0.138. The Hall–Kier alpha value is -6.93. The molecule has 8 aromatic carbocycles. The number of ether oxygens (including phenoxy) is 2. The van der Waals surface area contributed by atoms with Crippen LogP contribution in [0.15, 0.2) is 206 Å². The van der Waals surface area contributed by atoms with E-state index in [2.05, 4.69) is 63.6 Å². The standard InChI is InChI=1S/C33H34ClF3N2O.C32H29ClF3NO2/c1-38-22-25-16-18-29(19-17-25)40-21-9-20-39(23-28-14-8-15-31(32(28)34)33(35,36)37)24-30(26-10-4-2-5-11-26)27-12-6-3-7-13-27;33-31-27(13-7-14-30(31)32(34,35)36)21-37(19-8-20-39-28-17-15-24(23-38)16-18-28)22-29(25-9-3-1-4-10-25)26-11-5-2-6-12-26/h2-8,10-19,30,38H,9,20-24H2,1H3;1-7,9-18,23,29H,8,19-22H2. The van der Waals surface area contributed by atoms with Crippen LogP contribution in [0.5, 0.6) is 11.5 Å². The fourth-order valence-electron chi connectivity index (χ4n) is 9.36. The van der Waals surface area contributed by atoms with E-state index in [1.807, 2.05) is 104 Å². The van der Waals surface area contributed by atoms with E-state index in [1.54, 1.807) is 36.4 Å². The Morgan fingerprint density at radius 1 is 0.481 bits per heavy atom. The molecule has 0 radical (unpaired) electrons. The van der Waals surface area contributed by atoms with Crippen molar-refractivity contribution in [2.45, 2.75) is 56.7 Å². The van der Waals surface area contributed by atoms with E-state index in [1.165, 1.54) is 17.7 Å². The molecule has 8 aromatic rings. The van der Waals surface area contributed by atoms with E-state index in [0.29, 0.717) is 74.7 Å². The number of aldehydes is 1. The molecule has 0 aliphatic rings. The number of hydrogen-bond donors (Lipinski definition) is 1. The maximum atomic E-state index is 13.6. The van der Waals surface area contributed by atoms with Gasteiger partial charge in [0.25, 0.3) is 0 Å². The molecule has 0 bridgehead atoms. The van der Waals surface area contributed by atoms with Crippen LogP contribution >= 0.6 is 23.2 Å². The van der Waals surface area contributed by atoms with Gasteiger partial charge in [-0.05, 0) is 107 Å². The Balaban J connectivity index is 0.000000229. The average Bonchev–Trinajstić information content (AvgIpc) is 3.52. The second-order valence-corrected chi connectivity index (χ2v) is 19.8. The summed E-state index contributed by atoms with van der Waals surface area (Å²) in [6, 6.07) is 63.5. The van der Waals surface area contributed by atoms with Crippen molar-refractivity contribution in [2.24, 2.45) is 0 Å². The first-order valence-electron chi connectivity index (χ1n) is 26.1. The lowest BCUT2D eigenvalue weighted by Crippen LogP contribution is -2.31. The highest BCUT2D eigenvalue weighted by molar-refractivity contribution is 6.32. The molecule has 0 aromatic heterocycles. The summed E-state index contributed by atoms with van der Waals surface area (Å²) in [6.07, 6.45) is -6.92. The van der Waals surface area contributed by atoms with Crippen LogP contribution in [-0.2, 0) is 32.0 Å². The second kappa shape index (κ2) is 29.9. The Bertz CT molecular complexity index is 2980. The predicted octanol–water partition coefficient (Wildman–Crippen LogP) is 16.5. The molecule has 0 atom stereocenters. The van der Waals surface area contributed by atoms with Crippen LogP contribution in [0.2, 0.25) is 10.0 Å². The van der Waals surface area contributed by atoms with E-state index in [4.69, 9.17) is 32.7 Å². The molecule has 0 amide bonds. The van der Waals surface area contributed by atoms with E-state index in [9.17, 15) is 31.1 Å². The van der Waals surface area contributed by atoms with Crippen LogP contribution in [0.4, 0.5) is 26.3 Å². The zero-order valence-electron chi connectivity index (χ0n) is 43.8. The number of hydrogen-bond acceptors (Lipinski definition) is 6. The Labute approximate surface area is 469 Å². The fraction of sp³-hybridized carbons (Fsp3) is 0.246. The van der Waals surface area contributed by atoms with Crippen molar-refractivity contribution in [3.63, 3.8) is 0 Å². The van der Waals surface area contributed by atoms with Crippen molar-refractivity contribution in [3.05, 3.63) is 272 Å². The van der Waals surface area contributed by atoms with E-state index < -0.39 is 23.5 Å². The average molecular weight is 1120 g/mol. The smallest absolute Gasteiger partial charge is 0.417 e. The summed E-state index contributed by atoms with van der Waals surface area (Å²) in [5.74, 6) is 1.49. The van der Waals surface area contributed by atoms with Crippen molar-refractivity contribution < 1.29 is 40.6 Å². The fourth-order valence-corrected chi connectivity index (χ4v) is 9.95. The van der Waals surface area contributed by atoms with Crippen molar-refractivity contribution in [3.8, 4) is 11.5 Å². The van der Waals surface area contributed by atoms with Gasteiger partial charge in [0.1, 0.15) is 17.8 Å². The topological polar surface area (TPSA) is 54.0 Å². The van der Waals surface area contributed by atoms with Crippen LogP contribution < -0.4 is 14.8 Å². The first kappa shape index (κ1) is 59.7. The Morgan fingerprint density at radius 2 is 0.835 bits per heavy atom. The first-order chi connectivity index (χ1) is 38.2. The maximum Gasteiger partial charge on any atom is 0.417 e. The van der Waals surface area contributed by atoms with Gasteiger partial charge in [0, 0.05) is 63.2 Å². The molecule has 0 saturated heterocycles. The number of nitrogens with zero attached hydrogens (tertiary/aromatic N) is 2. The molecule has 0 saturated carbocycles. The SMILES string of the molecule is CNCc1ccc(OCCCN(Cc2cccc(C(F)(F)F)c2Cl)CC(c2ccccc2)c2ccccc2)cc1.O=Cc1ccc(OCCCN(Cc2cccc(C(F)(F)F)c2Cl)CC(c2ccccc2)c2ccccc2)cc1. The number of halogens is 8. The summed E-state index contributed by atoms with van der Waals surface area (Å²) in [5.41, 5.74) is 5.52. The molecule has 0 aliphatic carbocycles. The molecule has 0 spiro atoms. The Kier molecular flexibility index (Phi) is 22.6. The predicted molar refractivity (Wildman–Crippen MR) is 304 cm³/mol. The summed E-state index contributed by atoms with van der Waals surface area (Å²) in [4.78, 5) is 15.2. The molecule has 412 valence electrons. The van der Waals surface area contributed by atoms with Gasteiger partial charge in [-0.1, -0.05) is 181 Å². The summed E-state index contributed by atoms with van der Waals surface area (Å²) in [5, 5.41) is 2.62. The van der Waals surface area contributed by atoms with Crippen LogP contribution in [-0.4, -0.2) is 62.5 Å². The van der Waals surface area contributed by atoms with Gasteiger partial charge >= 0.3 is 12.4 Å². The lowest BCUT2D eigenvalue weighted by atomic mass is 9.90. The largest absolute Gasteiger partial charge is 0.494 e. The third-order valence-corrected chi connectivity index (χ3v) is 14.2. The van der Waals surface area contributed by atoms with Crippen LogP contribution in [0.25, 0.3) is 0 Å². The van der Waals surface area contributed by atoms with Gasteiger partial charge in [-0.15, -0.1) is 0 Å². The van der Waals surface area contributed by atoms with Crippen molar-refractivity contribution >= 4 is 29.5 Å². The molecule has 14 heteroatoms. The molecular formula is C65H63Cl2F6N3O3. The molecule has 6 nitrogen and oxygen atoms in total. The quantitative estimate of drug-likeness (QED) is 0.0350. The molecular weight excluding hydrogens is 1060 g/mol. The van der Waals surface area contributed by atoms with E-state index in [-0.39, 0.29) is 35.0 Å². The van der Waals surface area contributed by atoms with Crippen LogP contribution in [0, 0.1) is 0 Å². The highest BCUT2D eigenvalue weighted by Crippen LogP contribution is 2.39. The summed E-state index contributed by atoms with van der Waals surface area (Å²) in [7, 11) is 1.91. The number of rotatable bonds is 25. The number of alkyl halides is 6. The Morgan fingerprint density at radius 3 is 1.16 bits per heavy atom. The minimum atomic E-state index is -4.53. The molecule has 0 aliphatic heterocycles. The summed E-state index contributed by atoms with van der Waals surface area (Å²) < 4.78 is 93.2. The normalized spacial score (nSPS) is 11.7. The summed E-state index contributed by atoms with van der Waals surface area (Å²) >= 11 is 12.6. The van der Waals surface area contributed by atoms with Gasteiger partial charge in [0.05, 0.1) is 34.4 Å². The number of benzene rings is 8. The molecule has 79 heavy (non-hydrogen) atoms. The zero-order chi connectivity index (χ0) is 56.0. The van der Waals surface area contributed by atoms with Gasteiger partial charge in [-0.25, -0.2) is 0 Å². The summed E-state index contributed by atoms with van der Waals surface area (Å²) in [6.45, 7) is 4.62. The second-order valence-electron chi connectivity index (χ2n) is 19.0. The van der Waals surface area contributed by atoms with Crippen LogP contribution in [0.3, 0.4) is 0 Å². The highest BCUT2D eigenvalue weighted by Gasteiger charge is 2.35. The van der Waals surface area contributed by atoms with Gasteiger partial charge in [0.2, 0.25) is 0 Å². The molecule has 0 heterocycles. The lowest BCUT2D eigenvalue weighted by Gasteiger charge is -2.29. The van der Waals surface area contributed by atoms with Crippen molar-refractivity contribution in [1.82, 2.24) is 15.1 Å². The highest BCUT2D eigenvalue weighted by atomic mass is 35.5. The third-order valence-electron chi connectivity index (χ3n) is 13.3. The number of carbonyl (C=O) groups excluding carboxylic acids is 1. The third kappa shape index (κ3) is 18.3. The van der Waals surface area contributed by atoms with Crippen molar-refractivity contribution in [2.75, 3.05) is 46.4 Å². The van der Waals surface area contributed by atoms with E-state index >= 15 is 0 Å². The van der Waals surface area contributed by atoms with Gasteiger partial charge < -0.3 is 14.8 Å². The van der Waals surface area contributed by atoms with Gasteiger partial charge in [-0.2, -0.15) is 26.3 Å². The minimum absolute atomic E-state index is 0.00813. The molecule has 0 fully saturated rings. The molecule has 1 N–H and O–H groups in total. The number of nitrogens with one attached hydrogen (secondary N) is 1.